The molecule has 0 heterocycles. The number of benzene rings is 1. The van der Waals surface area contributed by atoms with Crippen molar-refractivity contribution in [1.82, 2.24) is 10.2 Å². The predicted octanol–water partition coefficient (Wildman–Crippen LogP) is 1.55. The third-order valence-electron chi connectivity index (χ3n) is 3.38. The highest BCUT2D eigenvalue weighted by molar-refractivity contribution is 5.87. The maximum atomic E-state index is 12.5. The summed E-state index contributed by atoms with van der Waals surface area (Å²) in [7, 11) is 3.59. The van der Waals surface area contributed by atoms with Crippen LogP contribution < -0.4 is 5.32 Å². The van der Waals surface area contributed by atoms with Gasteiger partial charge in [0.1, 0.15) is 0 Å². The Morgan fingerprint density at radius 1 is 1.35 bits per heavy atom. The number of nitro benzene ring substituents is 1. The zero-order valence-corrected chi connectivity index (χ0v) is 12.3. The SMILES string of the molecule is CNCCN(C)C(=O)C(C)(C)c1ccc([N+](=O)[O-])cc1. The molecule has 0 radical (unpaired) electrons. The summed E-state index contributed by atoms with van der Waals surface area (Å²) in [5.41, 5.74) is 0.0856. The second kappa shape index (κ2) is 6.47. The molecular formula is C14H21N3O3. The molecule has 6 heteroatoms. The largest absolute Gasteiger partial charge is 0.344 e. The Labute approximate surface area is 118 Å². The average molecular weight is 279 g/mol. The molecule has 0 aromatic heterocycles. The summed E-state index contributed by atoms with van der Waals surface area (Å²) < 4.78 is 0. The van der Waals surface area contributed by atoms with Crippen LogP contribution in [0.2, 0.25) is 0 Å². The molecule has 1 aromatic carbocycles. The molecule has 0 fully saturated rings. The monoisotopic (exact) mass is 279 g/mol. The number of carbonyl (C=O) groups is 1. The van der Waals surface area contributed by atoms with Crippen molar-refractivity contribution in [3.63, 3.8) is 0 Å². The fourth-order valence-electron chi connectivity index (χ4n) is 1.98. The molecule has 0 bridgehead atoms. The first-order valence-electron chi connectivity index (χ1n) is 6.45. The zero-order valence-electron chi connectivity index (χ0n) is 12.3. The summed E-state index contributed by atoms with van der Waals surface area (Å²) in [6.45, 7) is 4.99. The van der Waals surface area contributed by atoms with E-state index in [0.29, 0.717) is 6.54 Å². The number of nitrogens with one attached hydrogen (secondary N) is 1. The van der Waals surface area contributed by atoms with Crippen LogP contribution in [0.5, 0.6) is 0 Å². The van der Waals surface area contributed by atoms with E-state index < -0.39 is 10.3 Å². The molecule has 1 amide bonds. The molecule has 0 aliphatic heterocycles. The van der Waals surface area contributed by atoms with Gasteiger partial charge in [-0.1, -0.05) is 12.1 Å². The number of carbonyl (C=O) groups excluding carboxylic acids is 1. The first-order valence-corrected chi connectivity index (χ1v) is 6.45. The molecule has 1 rings (SSSR count). The van der Waals surface area contributed by atoms with Crippen molar-refractivity contribution < 1.29 is 9.72 Å². The quantitative estimate of drug-likeness (QED) is 0.633. The normalized spacial score (nSPS) is 11.2. The van der Waals surface area contributed by atoms with E-state index in [-0.39, 0.29) is 11.6 Å². The number of nitro groups is 1. The van der Waals surface area contributed by atoms with Gasteiger partial charge >= 0.3 is 0 Å². The van der Waals surface area contributed by atoms with Crippen molar-refractivity contribution in [2.45, 2.75) is 19.3 Å². The highest BCUT2D eigenvalue weighted by atomic mass is 16.6. The maximum Gasteiger partial charge on any atom is 0.269 e. The fourth-order valence-corrected chi connectivity index (χ4v) is 1.98. The van der Waals surface area contributed by atoms with Gasteiger partial charge in [-0.2, -0.15) is 0 Å². The fraction of sp³-hybridized carbons (Fsp3) is 0.500. The van der Waals surface area contributed by atoms with Crippen LogP contribution in [0.1, 0.15) is 19.4 Å². The van der Waals surface area contributed by atoms with Crippen LogP contribution in [0.4, 0.5) is 5.69 Å². The van der Waals surface area contributed by atoms with E-state index in [4.69, 9.17) is 0 Å². The van der Waals surface area contributed by atoms with Gasteiger partial charge < -0.3 is 10.2 Å². The molecule has 0 aliphatic rings. The van der Waals surface area contributed by atoms with Crippen LogP contribution in [-0.4, -0.2) is 42.9 Å². The Morgan fingerprint density at radius 2 is 1.90 bits per heavy atom. The molecule has 6 nitrogen and oxygen atoms in total. The Hall–Kier alpha value is -1.95. The van der Waals surface area contributed by atoms with E-state index in [1.807, 2.05) is 20.9 Å². The minimum absolute atomic E-state index is 0.0124. The van der Waals surface area contributed by atoms with Gasteiger partial charge in [0.15, 0.2) is 0 Å². The number of hydrogen-bond acceptors (Lipinski definition) is 4. The third-order valence-corrected chi connectivity index (χ3v) is 3.38. The molecule has 0 saturated heterocycles. The summed E-state index contributed by atoms with van der Waals surface area (Å²) in [6.07, 6.45) is 0. The second-order valence-corrected chi connectivity index (χ2v) is 5.26. The third kappa shape index (κ3) is 3.54. The van der Waals surface area contributed by atoms with Gasteiger partial charge in [0, 0.05) is 32.3 Å². The number of rotatable bonds is 6. The predicted molar refractivity (Wildman–Crippen MR) is 77.7 cm³/mol. The molecule has 110 valence electrons. The molecule has 0 aliphatic carbocycles. The summed E-state index contributed by atoms with van der Waals surface area (Å²) in [5, 5.41) is 13.6. The molecule has 20 heavy (non-hydrogen) atoms. The number of non-ortho nitro benzene ring substituents is 1. The van der Waals surface area contributed by atoms with Crippen LogP contribution in [0.25, 0.3) is 0 Å². The van der Waals surface area contributed by atoms with Crippen molar-refractivity contribution in [2.75, 3.05) is 27.2 Å². The number of nitrogens with zero attached hydrogens (tertiary/aromatic N) is 2. The minimum Gasteiger partial charge on any atom is -0.344 e. The lowest BCUT2D eigenvalue weighted by atomic mass is 9.83. The number of likely N-dealkylation sites (N-methyl/N-ethyl adjacent to an activating group) is 2. The lowest BCUT2D eigenvalue weighted by Crippen LogP contribution is -2.43. The van der Waals surface area contributed by atoms with E-state index >= 15 is 0 Å². The Balaban J connectivity index is 2.91. The molecular weight excluding hydrogens is 258 g/mol. The second-order valence-electron chi connectivity index (χ2n) is 5.26. The van der Waals surface area contributed by atoms with Gasteiger partial charge in [0.2, 0.25) is 5.91 Å². The van der Waals surface area contributed by atoms with Crippen molar-refractivity contribution in [2.24, 2.45) is 0 Å². The summed E-state index contributed by atoms with van der Waals surface area (Å²) in [6, 6.07) is 6.14. The first kappa shape index (κ1) is 16.1. The molecule has 0 atom stereocenters. The van der Waals surface area contributed by atoms with Gasteiger partial charge in [-0.3, -0.25) is 14.9 Å². The van der Waals surface area contributed by atoms with Crippen LogP contribution in [-0.2, 0) is 10.2 Å². The van der Waals surface area contributed by atoms with E-state index in [9.17, 15) is 14.9 Å². The van der Waals surface area contributed by atoms with Crippen molar-refractivity contribution in [3.8, 4) is 0 Å². The van der Waals surface area contributed by atoms with Crippen molar-refractivity contribution in [3.05, 3.63) is 39.9 Å². The van der Waals surface area contributed by atoms with Crippen LogP contribution in [0, 0.1) is 10.1 Å². The molecule has 0 saturated carbocycles. The smallest absolute Gasteiger partial charge is 0.269 e. The van der Waals surface area contributed by atoms with Crippen LogP contribution >= 0.6 is 0 Å². The minimum atomic E-state index is -0.711. The lowest BCUT2D eigenvalue weighted by molar-refractivity contribution is -0.384. The lowest BCUT2D eigenvalue weighted by Gasteiger charge is -2.29. The molecule has 1 aromatic rings. The number of amides is 1. The summed E-state index contributed by atoms with van der Waals surface area (Å²) in [5.74, 6) is -0.0124. The van der Waals surface area contributed by atoms with E-state index in [1.165, 1.54) is 12.1 Å². The van der Waals surface area contributed by atoms with E-state index in [0.717, 1.165) is 12.1 Å². The molecule has 0 spiro atoms. The standard InChI is InChI=1S/C14H21N3O3/c1-14(2,13(18)16(4)10-9-15-3)11-5-7-12(8-6-11)17(19)20/h5-8,15H,9-10H2,1-4H3. The maximum absolute atomic E-state index is 12.5. The van der Waals surface area contributed by atoms with Crippen molar-refractivity contribution in [1.29, 1.82) is 0 Å². The van der Waals surface area contributed by atoms with Crippen molar-refractivity contribution >= 4 is 11.6 Å². The van der Waals surface area contributed by atoms with Gasteiger partial charge in [0.05, 0.1) is 10.3 Å². The molecule has 1 N–H and O–H groups in total. The van der Waals surface area contributed by atoms with Crippen LogP contribution in [0.3, 0.4) is 0 Å². The summed E-state index contributed by atoms with van der Waals surface area (Å²) >= 11 is 0. The Bertz CT molecular complexity index is 483. The summed E-state index contributed by atoms with van der Waals surface area (Å²) in [4.78, 5) is 24.3. The van der Waals surface area contributed by atoms with Gasteiger partial charge in [0.25, 0.3) is 5.69 Å². The topological polar surface area (TPSA) is 75.5 Å². The zero-order chi connectivity index (χ0) is 15.3. The Morgan fingerprint density at radius 3 is 2.35 bits per heavy atom. The highest BCUT2D eigenvalue weighted by Crippen LogP contribution is 2.27. The van der Waals surface area contributed by atoms with Gasteiger partial charge in [-0.25, -0.2) is 0 Å². The average Bonchev–Trinajstić information content (AvgIpc) is 2.43. The first-order chi connectivity index (χ1) is 9.30. The van der Waals surface area contributed by atoms with E-state index in [2.05, 4.69) is 5.32 Å². The molecule has 0 unspecified atom stereocenters. The Kier molecular flexibility index (Phi) is 5.21. The number of hydrogen-bond donors (Lipinski definition) is 1. The van der Waals surface area contributed by atoms with Gasteiger partial charge in [-0.15, -0.1) is 0 Å². The van der Waals surface area contributed by atoms with Crippen LogP contribution in [0.15, 0.2) is 24.3 Å². The van der Waals surface area contributed by atoms with E-state index in [1.54, 1.807) is 24.1 Å². The van der Waals surface area contributed by atoms with Gasteiger partial charge in [-0.05, 0) is 26.5 Å². The highest BCUT2D eigenvalue weighted by Gasteiger charge is 2.32.